The van der Waals surface area contributed by atoms with E-state index in [-0.39, 0.29) is 0 Å². The number of benzene rings is 2. The number of fused-ring (bicyclic) bond motifs is 1. The molecule has 2 aromatic carbocycles. The Morgan fingerprint density at radius 3 is 2.11 bits per heavy atom. The molecule has 0 amide bonds. The highest BCUT2D eigenvalue weighted by molar-refractivity contribution is 5.88. The fourth-order valence-electron chi connectivity index (χ4n) is 5.23. The number of nitrogens with zero attached hydrogens (tertiary/aromatic N) is 1. The number of hydrogen-bond donors (Lipinski definition) is 1. The maximum atomic E-state index is 10.8. The van der Waals surface area contributed by atoms with Crippen LogP contribution in [0.5, 0.6) is 5.75 Å². The van der Waals surface area contributed by atoms with E-state index in [9.17, 15) is 5.11 Å². The van der Waals surface area contributed by atoms with Crippen LogP contribution in [0.2, 0.25) is 0 Å². The first-order chi connectivity index (χ1) is 13.8. The zero-order chi connectivity index (χ0) is 19.2. The van der Waals surface area contributed by atoms with Crippen LogP contribution >= 0.6 is 0 Å². The third-order valence-electron chi connectivity index (χ3n) is 6.69. The minimum absolute atomic E-state index is 0.365. The van der Waals surface area contributed by atoms with Crippen molar-refractivity contribution in [3.8, 4) is 5.75 Å². The molecule has 0 saturated heterocycles. The molecule has 1 unspecified atom stereocenters. The van der Waals surface area contributed by atoms with Crippen molar-refractivity contribution < 1.29 is 9.84 Å². The molecule has 0 radical (unpaired) electrons. The zero-order valence-corrected chi connectivity index (χ0v) is 17.1. The van der Waals surface area contributed by atoms with Gasteiger partial charge in [-0.25, -0.2) is 0 Å². The van der Waals surface area contributed by atoms with E-state index >= 15 is 0 Å². The van der Waals surface area contributed by atoms with Crippen LogP contribution in [0.3, 0.4) is 0 Å². The summed E-state index contributed by atoms with van der Waals surface area (Å²) >= 11 is 0. The Morgan fingerprint density at radius 2 is 1.43 bits per heavy atom. The van der Waals surface area contributed by atoms with Crippen molar-refractivity contribution in [3.63, 3.8) is 0 Å². The summed E-state index contributed by atoms with van der Waals surface area (Å²) < 4.78 is 6.08. The molecule has 0 aromatic heterocycles. The summed E-state index contributed by atoms with van der Waals surface area (Å²) in [7, 11) is 0. The van der Waals surface area contributed by atoms with Gasteiger partial charge in [0.25, 0.3) is 0 Å². The fraction of sp³-hybridized carbons (Fsp3) is 0.600. The molecular weight excluding hydrogens is 346 g/mol. The van der Waals surface area contributed by atoms with Crippen molar-refractivity contribution in [2.24, 2.45) is 0 Å². The van der Waals surface area contributed by atoms with E-state index in [1.807, 2.05) is 24.3 Å². The number of hydrogen-bond acceptors (Lipinski definition) is 3. The van der Waals surface area contributed by atoms with Gasteiger partial charge in [0, 0.05) is 24.0 Å². The zero-order valence-electron chi connectivity index (χ0n) is 17.1. The fourth-order valence-corrected chi connectivity index (χ4v) is 5.23. The van der Waals surface area contributed by atoms with Crippen molar-refractivity contribution in [3.05, 3.63) is 42.5 Å². The summed E-state index contributed by atoms with van der Waals surface area (Å²) in [6.07, 6.45) is 12.9. The quantitative estimate of drug-likeness (QED) is 0.683. The predicted octanol–water partition coefficient (Wildman–Crippen LogP) is 5.55. The molecule has 0 spiro atoms. The SMILES string of the molecule is OC(COc1cccc2ccccc12)CN(C1CCCCC1)C1CCCCC1. The van der Waals surface area contributed by atoms with Crippen molar-refractivity contribution in [2.75, 3.05) is 13.2 Å². The van der Waals surface area contributed by atoms with Gasteiger partial charge in [0.15, 0.2) is 0 Å². The van der Waals surface area contributed by atoms with Crippen molar-refractivity contribution in [2.45, 2.75) is 82.4 Å². The van der Waals surface area contributed by atoms with Gasteiger partial charge in [-0.15, -0.1) is 0 Å². The largest absolute Gasteiger partial charge is 0.490 e. The Balaban J connectivity index is 1.39. The van der Waals surface area contributed by atoms with Gasteiger partial charge in [-0.2, -0.15) is 0 Å². The average molecular weight is 382 g/mol. The van der Waals surface area contributed by atoms with Crippen LogP contribution in [0, 0.1) is 0 Å². The summed E-state index contributed by atoms with van der Waals surface area (Å²) in [4.78, 5) is 2.66. The van der Waals surface area contributed by atoms with E-state index in [0.717, 1.165) is 17.7 Å². The predicted molar refractivity (Wildman–Crippen MR) is 116 cm³/mol. The first kappa shape index (κ1) is 19.7. The third kappa shape index (κ3) is 4.87. The van der Waals surface area contributed by atoms with Crippen molar-refractivity contribution in [1.82, 2.24) is 4.90 Å². The van der Waals surface area contributed by atoms with Gasteiger partial charge in [-0.05, 0) is 37.1 Å². The van der Waals surface area contributed by atoms with Crippen LogP contribution in [-0.2, 0) is 0 Å². The molecule has 152 valence electrons. The van der Waals surface area contributed by atoms with Crippen LogP contribution in [0.4, 0.5) is 0 Å². The molecule has 0 heterocycles. The molecule has 1 N–H and O–H groups in total. The molecule has 0 aliphatic heterocycles. The Morgan fingerprint density at radius 1 is 0.821 bits per heavy atom. The molecule has 2 fully saturated rings. The molecular formula is C25H35NO2. The van der Waals surface area contributed by atoms with Gasteiger partial charge in [0.2, 0.25) is 0 Å². The van der Waals surface area contributed by atoms with Crippen LogP contribution in [-0.4, -0.2) is 41.3 Å². The molecule has 4 rings (SSSR count). The molecule has 3 nitrogen and oxygen atoms in total. The lowest BCUT2D eigenvalue weighted by Crippen LogP contribution is -2.49. The van der Waals surface area contributed by atoms with Crippen LogP contribution in [0.1, 0.15) is 64.2 Å². The summed E-state index contributed by atoms with van der Waals surface area (Å²) in [5.41, 5.74) is 0. The Bertz CT molecular complexity index is 711. The standard InChI is InChI=1S/C25H35NO2/c27-23(19-28-25-17-9-11-20-10-7-8-16-24(20)25)18-26(21-12-3-1-4-13-21)22-14-5-2-6-15-22/h7-11,16-17,21-23,27H,1-6,12-15,18-19H2. The molecule has 3 heteroatoms. The number of aliphatic hydroxyl groups excluding tert-OH is 1. The Labute approximate surface area is 169 Å². The highest BCUT2D eigenvalue weighted by Gasteiger charge is 2.30. The van der Waals surface area contributed by atoms with Crippen molar-refractivity contribution >= 4 is 10.8 Å². The molecule has 1 atom stereocenters. The minimum Gasteiger partial charge on any atom is -0.490 e. The summed E-state index contributed by atoms with van der Waals surface area (Å²) in [5, 5.41) is 13.1. The van der Waals surface area contributed by atoms with Gasteiger partial charge >= 0.3 is 0 Å². The average Bonchev–Trinajstić information content (AvgIpc) is 2.77. The van der Waals surface area contributed by atoms with E-state index in [1.54, 1.807) is 0 Å². The molecule has 2 aliphatic carbocycles. The highest BCUT2D eigenvalue weighted by atomic mass is 16.5. The van der Waals surface area contributed by atoms with Gasteiger partial charge in [-0.1, -0.05) is 74.9 Å². The van der Waals surface area contributed by atoms with Crippen LogP contribution in [0.15, 0.2) is 42.5 Å². The third-order valence-corrected chi connectivity index (χ3v) is 6.69. The van der Waals surface area contributed by atoms with E-state index in [4.69, 9.17) is 4.74 Å². The Kier molecular flexibility index (Phi) is 6.87. The second kappa shape index (κ2) is 9.76. The van der Waals surface area contributed by atoms with E-state index in [2.05, 4.69) is 23.1 Å². The molecule has 0 bridgehead atoms. The lowest BCUT2D eigenvalue weighted by Gasteiger charge is -2.42. The second-order valence-corrected chi connectivity index (χ2v) is 8.72. The summed E-state index contributed by atoms with van der Waals surface area (Å²) in [6, 6.07) is 15.7. The van der Waals surface area contributed by atoms with E-state index in [1.165, 1.54) is 69.6 Å². The number of aliphatic hydroxyl groups is 1. The lowest BCUT2D eigenvalue weighted by atomic mass is 9.88. The first-order valence-corrected chi connectivity index (χ1v) is 11.4. The number of ether oxygens (including phenoxy) is 1. The lowest BCUT2D eigenvalue weighted by molar-refractivity contribution is 0.0120. The van der Waals surface area contributed by atoms with Gasteiger partial charge < -0.3 is 9.84 Å². The molecule has 2 aromatic rings. The molecule has 2 aliphatic rings. The molecule has 28 heavy (non-hydrogen) atoms. The van der Waals surface area contributed by atoms with Crippen LogP contribution < -0.4 is 4.74 Å². The maximum Gasteiger partial charge on any atom is 0.127 e. The van der Waals surface area contributed by atoms with Crippen LogP contribution in [0.25, 0.3) is 10.8 Å². The minimum atomic E-state index is -0.442. The molecule has 2 saturated carbocycles. The summed E-state index contributed by atoms with van der Waals surface area (Å²) in [5.74, 6) is 0.874. The normalized spacial score (nSPS) is 20.5. The van der Waals surface area contributed by atoms with Crippen molar-refractivity contribution in [1.29, 1.82) is 0 Å². The Hall–Kier alpha value is -1.58. The maximum absolute atomic E-state index is 10.8. The topological polar surface area (TPSA) is 32.7 Å². The highest BCUT2D eigenvalue weighted by Crippen LogP contribution is 2.30. The monoisotopic (exact) mass is 381 g/mol. The second-order valence-electron chi connectivity index (χ2n) is 8.72. The van der Waals surface area contributed by atoms with E-state index in [0.29, 0.717) is 18.7 Å². The first-order valence-electron chi connectivity index (χ1n) is 11.4. The summed E-state index contributed by atoms with van der Waals surface area (Å²) in [6.45, 7) is 1.12. The van der Waals surface area contributed by atoms with Gasteiger partial charge in [0.1, 0.15) is 18.5 Å². The van der Waals surface area contributed by atoms with Gasteiger partial charge in [0.05, 0.1) is 0 Å². The van der Waals surface area contributed by atoms with Gasteiger partial charge in [-0.3, -0.25) is 4.90 Å². The number of rotatable bonds is 7. The van der Waals surface area contributed by atoms with E-state index < -0.39 is 6.10 Å². The smallest absolute Gasteiger partial charge is 0.127 e.